The number of carbonyl (C=O) groups is 1. The summed E-state index contributed by atoms with van der Waals surface area (Å²) >= 11 is 1.60. The number of aromatic amines is 1. The molecule has 0 fully saturated rings. The third kappa shape index (κ3) is 2.95. The average Bonchev–Trinajstić information content (AvgIpc) is 3.19. The fourth-order valence-electron chi connectivity index (χ4n) is 3.60. The molecule has 4 rings (SSSR count). The number of rotatable bonds is 4. The third-order valence-electron chi connectivity index (χ3n) is 5.01. The summed E-state index contributed by atoms with van der Waals surface area (Å²) in [6.45, 7) is 0.478. The van der Waals surface area contributed by atoms with Gasteiger partial charge in [0.15, 0.2) is 5.16 Å². The Kier molecular flexibility index (Phi) is 4.29. The molecule has 1 aliphatic carbocycles. The Morgan fingerprint density at radius 1 is 1.36 bits per heavy atom. The smallest absolute Gasteiger partial charge is 0.251 e. The van der Waals surface area contributed by atoms with Gasteiger partial charge in [0.1, 0.15) is 0 Å². The maximum atomic E-state index is 12.6. The lowest BCUT2D eigenvalue weighted by atomic mass is 9.95. The van der Waals surface area contributed by atoms with Crippen molar-refractivity contribution in [2.24, 2.45) is 7.05 Å². The average molecular weight is 354 g/mol. The van der Waals surface area contributed by atoms with E-state index >= 15 is 0 Å². The van der Waals surface area contributed by atoms with Crippen molar-refractivity contribution in [1.82, 2.24) is 19.9 Å². The molecule has 0 radical (unpaired) electrons. The van der Waals surface area contributed by atoms with Crippen LogP contribution in [0.25, 0.3) is 10.9 Å². The molecule has 0 saturated carbocycles. The molecule has 0 bridgehead atoms. The maximum Gasteiger partial charge on any atom is 0.251 e. The van der Waals surface area contributed by atoms with Gasteiger partial charge in [0.2, 0.25) is 0 Å². The summed E-state index contributed by atoms with van der Waals surface area (Å²) in [4.78, 5) is 20.4. The lowest BCUT2D eigenvalue weighted by Gasteiger charge is -2.10. The number of hydrogen-bond acceptors (Lipinski definition) is 3. The van der Waals surface area contributed by atoms with E-state index in [0.717, 1.165) is 29.2 Å². The predicted molar refractivity (Wildman–Crippen MR) is 101 cm³/mol. The predicted octanol–water partition coefficient (Wildman–Crippen LogP) is 3.43. The van der Waals surface area contributed by atoms with Gasteiger partial charge < -0.3 is 14.9 Å². The van der Waals surface area contributed by atoms with Gasteiger partial charge in [0.25, 0.3) is 5.91 Å². The number of thioether (sulfide) groups is 1. The van der Waals surface area contributed by atoms with E-state index in [4.69, 9.17) is 0 Å². The normalized spacial score (nSPS) is 13.8. The van der Waals surface area contributed by atoms with Crippen molar-refractivity contribution < 1.29 is 4.79 Å². The second-order valence-electron chi connectivity index (χ2n) is 6.53. The number of nitrogens with one attached hydrogen (secondary N) is 2. The number of aryl methyl sites for hydroxylation is 2. The molecule has 0 aliphatic heterocycles. The molecular weight excluding hydrogens is 332 g/mol. The number of carbonyl (C=O) groups excluding carboxylic acids is 1. The molecule has 0 spiro atoms. The Hall–Kier alpha value is -2.21. The topological polar surface area (TPSA) is 62.7 Å². The standard InChI is InChI=1S/C19H22N4OS/c1-23-13(11-21-19(23)25-2)10-20-18(24)12-7-8-17-15(9-12)14-5-3-4-6-16(14)22-17/h7-9,11,22H,3-6,10H2,1-2H3,(H,20,24). The van der Waals surface area contributed by atoms with Crippen LogP contribution in [0.2, 0.25) is 0 Å². The lowest BCUT2D eigenvalue weighted by molar-refractivity contribution is 0.0950. The number of hydrogen-bond donors (Lipinski definition) is 2. The van der Waals surface area contributed by atoms with E-state index in [9.17, 15) is 4.79 Å². The molecule has 130 valence electrons. The minimum atomic E-state index is -0.0421. The quantitative estimate of drug-likeness (QED) is 0.706. The zero-order valence-electron chi connectivity index (χ0n) is 14.6. The second-order valence-corrected chi connectivity index (χ2v) is 7.30. The molecule has 0 unspecified atom stereocenters. The van der Waals surface area contributed by atoms with Crippen molar-refractivity contribution in [3.05, 3.63) is 46.9 Å². The van der Waals surface area contributed by atoms with Gasteiger partial charge >= 0.3 is 0 Å². The lowest BCUT2D eigenvalue weighted by Crippen LogP contribution is -2.23. The minimum absolute atomic E-state index is 0.0421. The highest BCUT2D eigenvalue weighted by Gasteiger charge is 2.17. The highest BCUT2D eigenvalue weighted by molar-refractivity contribution is 7.98. The van der Waals surface area contributed by atoms with Crippen molar-refractivity contribution >= 4 is 28.6 Å². The van der Waals surface area contributed by atoms with E-state index in [1.807, 2.05) is 42.3 Å². The zero-order valence-corrected chi connectivity index (χ0v) is 15.4. The largest absolute Gasteiger partial charge is 0.358 e. The van der Waals surface area contributed by atoms with E-state index in [-0.39, 0.29) is 5.91 Å². The molecular formula is C19H22N4OS. The van der Waals surface area contributed by atoms with Crippen LogP contribution < -0.4 is 5.32 Å². The number of H-pyrrole nitrogens is 1. The van der Waals surface area contributed by atoms with Gasteiger partial charge in [-0.1, -0.05) is 11.8 Å². The second kappa shape index (κ2) is 6.59. The van der Waals surface area contributed by atoms with Crippen LogP contribution in [-0.2, 0) is 26.4 Å². The highest BCUT2D eigenvalue weighted by Crippen LogP contribution is 2.29. The molecule has 2 heterocycles. The monoisotopic (exact) mass is 354 g/mol. The van der Waals surface area contributed by atoms with Gasteiger partial charge in [-0.15, -0.1) is 0 Å². The maximum absolute atomic E-state index is 12.6. The minimum Gasteiger partial charge on any atom is -0.358 e. The first-order valence-electron chi connectivity index (χ1n) is 8.63. The summed E-state index contributed by atoms with van der Waals surface area (Å²) in [6, 6.07) is 5.95. The van der Waals surface area contributed by atoms with Crippen molar-refractivity contribution in [1.29, 1.82) is 0 Å². The molecule has 6 heteroatoms. The molecule has 2 aromatic heterocycles. The molecule has 1 aromatic carbocycles. The number of aromatic nitrogens is 3. The SMILES string of the molecule is CSc1ncc(CNC(=O)c2ccc3[nH]c4c(c3c2)CCCC4)n1C. The molecule has 25 heavy (non-hydrogen) atoms. The Labute approximate surface area is 151 Å². The molecule has 2 N–H and O–H groups in total. The molecule has 1 amide bonds. The molecule has 5 nitrogen and oxygen atoms in total. The summed E-state index contributed by atoms with van der Waals surface area (Å²) in [6.07, 6.45) is 8.51. The first kappa shape index (κ1) is 16.3. The molecule has 3 aromatic rings. The van der Waals surface area contributed by atoms with Crippen molar-refractivity contribution in [2.75, 3.05) is 6.26 Å². The Balaban J connectivity index is 1.54. The first-order valence-corrected chi connectivity index (χ1v) is 9.86. The highest BCUT2D eigenvalue weighted by atomic mass is 32.2. The summed E-state index contributed by atoms with van der Waals surface area (Å²) in [5.41, 5.74) is 5.59. The molecule has 0 atom stereocenters. The number of benzene rings is 1. The van der Waals surface area contributed by atoms with E-state index in [0.29, 0.717) is 12.1 Å². The van der Waals surface area contributed by atoms with Gasteiger partial charge in [-0.05, 0) is 55.7 Å². The molecule has 0 saturated heterocycles. The van der Waals surface area contributed by atoms with Crippen LogP contribution in [0.1, 0.15) is 40.2 Å². The fourth-order valence-corrected chi connectivity index (χ4v) is 4.15. The summed E-state index contributed by atoms with van der Waals surface area (Å²) in [5, 5.41) is 5.16. The van der Waals surface area contributed by atoms with E-state index < -0.39 is 0 Å². The zero-order chi connectivity index (χ0) is 17.4. The number of imidazole rings is 1. The third-order valence-corrected chi connectivity index (χ3v) is 5.76. The van der Waals surface area contributed by atoms with E-state index in [1.165, 1.54) is 29.5 Å². The van der Waals surface area contributed by atoms with E-state index in [1.54, 1.807) is 11.8 Å². The van der Waals surface area contributed by atoms with Crippen LogP contribution in [-0.4, -0.2) is 26.7 Å². The summed E-state index contributed by atoms with van der Waals surface area (Å²) in [5.74, 6) is -0.0421. The van der Waals surface area contributed by atoms with Crippen LogP contribution in [0.3, 0.4) is 0 Å². The number of nitrogens with zero attached hydrogens (tertiary/aromatic N) is 2. The van der Waals surface area contributed by atoms with Crippen molar-refractivity contribution in [3.8, 4) is 0 Å². The Morgan fingerprint density at radius 2 is 2.20 bits per heavy atom. The van der Waals surface area contributed by atoms with Gasteiger partial charge in [0.05, 0.1) is 18.4 Å². The summed E-state index contributed by atoms with van der Waals surface area (Å²) < 4.78 is 2.01. The van der Waals surface area contributed by atoms with Crippen molar-refractivity contribution in [3.63, 3.8) is 0 Å². The van der Waals surface area contributed by atoms with Crippen LogP contribution in [0.5, 0.6) is 0 Å². The van der Waals surface area contributed by atoms with Gasteiger partial charge in [-0.3, -0.25) is 4.79 Å². The summed E-state index contributed by atoms with van der Waals surface area (Å²) in [7, 11) is 1.97. The number of fused-ring (bicyclic) bond motifs is 3. The molecule has 1 aliphatic rings. The van der Waals surface area contributed by atoms with Gasteiger partial charge in [0, 0.05) is 29.2 Å². The van der Waals surface area contributed by atoms with Crippen LogP contribution in [0.4, 0.5) is 0 Å². The van der Waals surface area contributed by atoms with Crippen LogP contribution in [0.15, 0.2) is 29.6 Å². The Morgan fingerprint density at radius 3 is 3.00 bits per heavy atom. The fraction of sp³-hybridized carbons (Fsp3) is 0.368. The first-order chi connectivity index (χ1) is 12.2. The van der Waals surface area contributed by atoms with Crippen LogP contribution in [0, 0.1) is 0 Å². The van der Waals surface area contributed by atoms with Gasteiger partial charge in [-0.2, -0.15) is 0 Å². The van der Waals surface area contributed by atoms with Gasteiger partial charge in [-0.25, -0.2) is 4.98 Å². The van der Waals surface area contributed by atoms with Crippen LogP contribution >= 0.6 is 11.8 Å². The van der Waals surface area contributed by atoms with Crippen molar-refractivity contribution in [2.45, 2.75) is 37.4 Å². The Bertz CT molecular complexity index is 940. The van der Waals surface area contributed by atoms with E-state index in [2.05, 4.69) is 15.3 Å². The number of amides is 1.